The van der Waals surface area contributed by atoms with Crippen molar-refractivity contribution in [1.29, 1.82) is 0 Å². The Morgan fingerprint density at radius 2 is 1.95 bits per heavy atom. The van der Waals surface area contributed by atoms with E-state index in [0.29, 0.717) is 17.9 Å². The number of hydrogen-bond donors (Lipinski definition) is 1. The molecule has 3 rings (SSSR count). The fourth-order valence-electron chi connectivity index (χ4n) is 3.39. The van der Waals surface area contributed by atoms with Crippen LogP contribution in [0.3, 0.4) is 0 Å². The third kappa shape index (κ3) is 2.50. The number of anilines is 1. The van der Waals surface area contributed by atoms with Gasteiger partial charge in [-0.2, -0.15) is 0 Å². The number of Topliss-reactive ketones (excluding diaryl/α,β-unsaturated/α-hetero) is 1. The molecule has 22 heavy (non-hydrogen) atoms. The molecule has 0 fully saturated rings. The average molecular weight is 302 g/mol. The summed E-state index contributed by atoms with van der Waals surface area (Å²) in [7, 11) is 0. The lowest BCUT2D eigenvalue weighted by molar-refractivity contribution is -0.112. The van der Waals surface area contributed by atoms with E-state index >= 15 is 0 Å². The molecular formula is C17H22N2O3. The molecular weight excluding hydrogens is 280 g/mol. The van der Waals surface area contributed by atoms with Crippen molar-refractivity contribution < 1.29 is 14.3 Å². The molecule has 2 aliphatic heterocycles. The molecule has 0 radical (unpaired) electrons. The van der Waals surface area contributed by atoms with Gasteiger partial charge in [-0.25, -0.2) is 0 Å². The summed E-state index contributed by atoms with van der Waals surface area (Å²) in [5, 5.41) is 2.63. The van der Waals surface area contributed by atoms with Gasteiger partial charge in [-0.3, -0.25) is 14.5 Å². The first-order valence-electron chi connectivity index (χ1n) is 8.04. The van der Waals surface area contributed by atoms with E-state index in [2.05, 4.69) is 24.1 Å². The number of amides is 1. The van der Waals surface area contributed by atoms with Crippen LogP contribution in [0.1, 0.15) is 42.6 Å². The maximum Gasteiger partial charge on any atom is 0.296 e. The predicted octanol–water partition coefficient (Wildman–Crippen LogP) is 2.25. The molecule has 1 unspecified atom stereocenters. The number of fused-ring (bicyclic) bond motifs is 3. The molecule has 0 saturated carbocycles. The van der Waals surface area contributed by atoms with Gasteiger partial charge in [0.05, 0.1) is 11.3 Å². The normalized spacial score (nSPS) is 19.7. The molecule has 0 spiro atoms. The minimum atomic E-state index is -0.538. The second-order valence-corrected chi connectivity index (χ2v) is 5.95. The fourth-order valence-corrected chi connectivity index (χ4v) is 3.39. The monoisotopic (exact) mass is 302 g/mol. The molecule has 1 amide bonds. The Bertz CT molecular complexity index is 606. The molecule has 5 heteroatoms. The Balaban J connectivity index is 1.91. The van der Waals surface area contributed by atoms with Gasteiger partial charge in [0.15, 0.2) is 0 Å². The van der Waals surface area contributed by atoms with Gasteiger partial charge < -0.3 is 10.1 Å². The zero-order valence-electron chi connectivity index (χ0n) is 13.1. The number of nitrogens with zero attached hydrogens (tertiary/aromatic N) is 1. The van der Waals surface area contributed by atoms with E-state index in [0.717, 1.165) is 43.7 Å². The zero-order valence-corrected chi connectivity index (χ0v) is 13.1. The van der Waals surface area contributed by atoms with Crippen molar-refractivity contribution in [3.05, 3.63) is 23.3 Å². The van der Waals surface area contributed by atoms with Crippen molar-refractivity contribution in [2.24, 2.45) is 0 Å². The lowest BCUT2D eigenvalue weighted by atomic mass is 9.94. The average Bonchev–Trinajstić information content (AvgIpc) is 2.82. The molecule has 0 aliphatic carbocycles. The Labute approximate surface area is 130 Å². The van der Waals surface area contributed by atoms with Gasteiger partial charge in [-0.05, 0) is 44.5 Å². The first kappa shape index (κ1) is 15.0. The molecule has 118 valence electrons. The van der Waals surface area contributed by atoms with Crippen molar-refractivity contribution >= 4 is 17.4 Å². The molecule has 0 bridgehead atoms. The molecule has 1 aromatic carbocycles. The van der Waals surface area contributed by atoms with E-state index in [1.165, 1.54) is 0 Å². The molecule has 2 aliphatic rings. The van der Waals surface area contributed by atoms with Crippen molar-refractivity contribution in [3.8, 4) is 5.75 Å². The number of nitrogens with one attached hydrogen (secondary N) is 1. The number of rotatable bonds is 5. The number of ether oxygens (including phenoxy) is 1. The first-order chi connectivity index (χ1) is 10.7. The Morgan fingerprint density at radius 1 is 1.23 bits per heavy atom. The highest BCUT2D eigenvalue weighted by Crippen LogP contribution is 2.36. The molecule has 0 saturated heterocycles. The third-order valence-corrected chi connectivity index (χ3v) is 4.36. The molecule has 5 nitrogen and oxygen atoms in total. The largest absolute Gasteiger partial charge is 0.492 e. The maximum absolute atomic E-state index is 12.1. The molecule has 1 aromatic rings. The fraction of sp³-hybridized carbons (Fsp3) is 0.529. The van der Waals surface area contributed by atoms with Crippen LogP contribution in [0.15, 0.2) is 12.1 Å². The predicted molar refractivity (Wildman–Crippen MR) is 84.5 cm³/mol. The minimum absolute atomic E-state index is 0.266. The van der Waals surface area contributed by atoms with E-state index in [1.807, 2.05) is 6.07 Å². The van der Waals surface area contributed by atoms with Crippen LogP contribution in [-0.2, 0) is 11.2 Å². The molecule has 2 heterocycles. The second-order valence-electron chi connectivity index (χ2n) is 5.95. The van der Waals surface area contributed by atoms with Crippen LogP contribution < -0.4 is 10.1 Å². The van der Waals surface area contributed by atoms with E-state index in [-0.39, 0.29) is 6.04 Å². The van der Waals surface area contributed by atoms with Crippen molar-refractivity contribution in [2.75, 3.05) is 25.0 Å². The van der Waals surface area contributed by atoms with Crippen molar-refractivity contribution in [2.45, 2.75) is 39.2 Å². The number of ketones is 1. The topological polar surface area (TPSA) is 58.6 Å². The van der Waals surface area contributed by atoms with E-state index in [4.69, 9.17) is 4.74 Å². The van der Waals surface area contributed by atoms with Crippen LogP contribution in [0.5, 0.6) is 5.75 Å². The van der Waals surface area contributed by atoms with Crippen LogP contribution in [0.25, 0.3) is 0 Å². The highest BCUT2D eigenvalue weighted by atomic mass is 16.5. The lowest BCUT2D eigenvalue weighted by Gasteiger charge is -2.35. The SMILES string of the molecule is CCCN(CCC)C1COc2ccc3c(c2C1)C(=O)C(=O)N3. The van der Waals surface area contributed by atoms with Crippen LogP contribution in [0.4, 0.5) is 5.69 Å². The van der Waals surface area contributed by atoms with Gasteiger partial charge in [0.25, 0.3) is 11.7 Å². The molecule has 0 aromatic heterocycles. The minimum Gasteiger partial charge on any atom is -0.492 e. The van der Waals surface area contributed by atoms with Gasteiger partial charge in [0.1, 0.15) is 12.4 Å². The third-order valence-electron chi connectivity index (χ3n) is 4.36. The quantitative estimate of drug-likeness (QED) is 0.848. The summed E-state index contributed by atoms with van der Waals surface area (Å²) in [5.74, 6) is -0.231. The summed E-state index contributed by atoms with van der Waals surface area (Å²) in [4.78, 5) is 26.2. The smallest absolute Gasteiger partial charge is 0.296 e. The van der Waals surface area contributed by atoms with Gasteiger partial charge >= 0.3 is 0 Å². The van der Waals surface area contributed by atoms with E-state index in [1.54, 1.807) is 6.07 Å². The number of hydrogen-bond acceptors (Lipinski definition) is 4. The van der Waals surface area contributed by atoms with Gasteiger partial charge in [0, 0.05) is 11.6 Å². The highest BCUT2D eigenvalue weighted by molar-refractivity contribution is 6.52. The van der Waals surface area contributed by atoms with Crippen LogP contribution in [-0.4, -0.2) is 42.3 Å². The van der Waals surface area contributed by atoms with Crippen molar-refractivity contribution in [3.63, 3.8) is 0 Å². The lowest BCUT2D eigenvalue weighted by Crippen LogP contribution is -2.44. The maximum atomic E-state index is 12.1. The summed E-state index contributed by atoms with van der Waals surface area (Å²) in [5.41, 5.74) is 2.02. The van der Waals surface area contributed by atoms with E-state index < -0.39 is 11.7 Å². The number of carbonyl (C=O) groups excluding carboxylic acids is 2. The highest BCUT2D eigenvalue weighted by Gasteiger charge is 2.35. The zero-order chi connectivity index (χ0) is 15.7. The summed E-state index contributed by atoms with van der Waals surface area (Å²) >= 11 is 0. The summed E-state index contributed by atoms with van der Waals surface area (Å²) in [6.07, 6.45) is 2.95. The number of carbonyl (C=O) groups is 2. The summed E-state index contributed by atoms with van der Waals surface area (Å²) < 4.78 is 5.89. The van der Waals surface area contributed by atoms with E-state index in [9.17, 15) is 9.59 Å². The second kappa shape index (κ2) is 6.08. The molecule has 1 N–H and O–H groups in total. The Morgan fingerprint density at radius 3 is 2.64 bits per heavy atom. The van der Waals surface area contributed by atoms with Gasteiger partial charge in [-0.1, -0.05) is 13.8 Å². The van der Waals surface area contributed by atoms with Crippen LogP contribution >= 0.6 is 0 Å². The first-order valence-corrected chi connectivity index (χ1v) is 8.04. The number of benzene rings is 1. The van der Waals surface area contributed by atoms with Gasteiger partial charge in [-0.15, -0.1) is 0 Å². The summed E-state index contributed by atoms with van der Waals surface area (Å²) in [6.45, 7) is 7.03. The molecule has 1 atom stereocenters. The Hall–Kier alpha value is -1.88. The van der Waals surface area contributed by atoms with Gasteiger partial charge in [0.2, 0.25) is 0 Å². The van der Waals surface area contributed by atoms with Crippen molar-refractivity contribution in [1.82, 2.24) is 4.90 Å². The summed E-state index contributed by atoms with van der Waals surface area (Å²) in [6, 6.07) is 3.88. The van der Waals surface area contributed by atoms with Crippen LogP contribution in [0.2, 0.25) is 0 Å². The standard InChI is InChI=1S/C17H22N2O3/c1-3-7-19(8-4-2)11-9-12-14(22-10-11)6-5-13-15(12)16(20)17(21)18-13/h5-6,11H,3-4,7-10H2,1-2H3,(H,18,20,21). The van der Waals surface area contributed by atoms with Crippen LogP contribution in [0, 0.1) is 0 Å². The Kier molecular flexibility index (Phi) is 4.16.